The summed E-state index contributed by atoms with van der Waals surface area (Å²) >= 11 is 11.0. The molecule has 0 aromatic heterocycles. The Kier molecular flexibility index (Phi) is 4.21. The van der Waals surface area contributed by atoms with Gasteiger partial charge >= 0.3 is 0 Å². The number of halogens is 2. The van der Waals surface area contributed by atoms with Gasteiger partial charge in [0.1, 0.15) is 17.3 Å². The maximum absolute atomic E-state index is 10.9. The van der Waals surface area contributed by atoms with E-state index in [4.69, 9.17) is 32.5 Å². The van der Waals surface area contributed by atoms with Crippen molar-refractivity contribution < 1.29 is 17.7 Å². The van der Waals surface area contributed by atoms with Crippen molar-refractivity contribution in [2.24, 2.45) is 0 Å². The highest BCUT2D eigenvalue weighted by atomic mass is 35.5. The summed E-state index contributed by atoms with van der Waals surface area (Å²) in [4.78, 5) is -0.322. The number of rotatable bonds is 4. The van der Waals surface area contributed by atoms with E-state index in [-0.39, 0.29) is 23.1 Å². The Labute approximate surface area is 97.5 Å². The lowest BCUT2D eigenvalue weighted by Gasteiger charge is -2.08. The predicted molar refractivity (Wildman–Crippen MR) is 57.5 cm³/mol. The Balaban J connectivity index is 3.15. The third-order valence-electron chi connectivity index (χ3n) is 1.52. The first kappa shape index (κ1) is 12.6. The van der Waals surface area contributed by atoms with Crippen LogP contribution in [0.1, 0.15) is 0 Å². The smallest absolute Gasteiger partial charge is 0.298 e. The molecule has 0 amide bonds. The van der Waals surface area contributed by atoms with Crippen molar-refractivity contribution >= 4 is 33.3 Å². The van der Waals surface area contributed by atoms with Crippen molar-refractivity contribution in [2.45, 2.75) is 4.90 Å². The lowest BCUT2D eigenvalue weighted by Crippen LogP contribution is -2.05. The molecule has 0 fully saturated rings. The number of ether oxygens (including phenoxy) is 1. The van der Waals surface area contributed by atoms with Crippen molar-refractivity contribution in [1.82, 2.24) is 0 Å². The van der Waals surface area contributed by atoms with Crippen LogP contribution in [0.25, 0.3) is 0 Å². The summed E-state index contributed by atoms with van der Waals surface area (Å²) in [5, 5.41) is 0.312. The van der Waals surface area contributed by atoms with Crippen molar-refractivity contribution in [1.29, 1.82) is 0 Å². The summed E-state index contributed by atoms with van der Waals surface area (Å²) in [6.07, 6.45) is 0. The van der Waals surface area contributed by atoms with E-state index < -0.39 is 10.1 Å². The van der Waals surface area contributed by atoms with Gasteiger partial charge in [-0.05, 0) is 12.1 Å². The van der Waals surface area contributed by atoms with Crippen LogP contribution in [0, 0.1) is 0 Å². The van der Waals surface area contributed by atoms with Gasteiger partial charge in [0.25, 0.3) is 10.1 Å². The van der Waals surface area contributed by atoms with Crippen LogP contribution in [0.2, 0.25) is 5.02 Å². The molecule has 0 aliphatic rings. The van der Waals surface area contributed by atoms with E-state index in [0.29, 0.717) is 5.02 Å². The molecule has 4 nitrogen and oxygen atoms in total. The third-order valence-corrected chi connectivity index (χ3v) is 2.80. The van der Waals surface area contributed by atoms with E-state index >= 15 is 0 Å². The standard InChI is InChI=1S/C8H8Cl2O4S/c9-3-4-14-7-5-6(10)1-2-8(7)15(11,12)13/h1-2,5H,3-4H2,(H,11,12,13). The molecule has 1 rings (SSSR count). The molecule has 0 saturated heterocycles. The summed E-state index contributed by atoms with van der Waals surface area (Å²) < 4.78 is 35.8. The zero-order valence-electron chi connectivity index (χ0n) is 7.48. The molecular formula is C8H8Cl2O4S. The molecule has 84 valence electrons. The molecule has 0 spiro atoms. The van der Waals surface area contributed by atoms with Crippen LogP contribution in [0.3, 0.4) is 0 Å². The third kappa shape index (κ3) is 3.53. The second-order valence-corrected chi connectivity index (χ2v) is 4.81. The monoisotopic (exact) mass is 270 g/mol. The minimum atomic E-state index is -4.31. The molecule has 1 aromatic carbocycles. The Hall–Kier alpha value is -0.490. The van der Waals surface area contributed by atoms with E-state index in [9.17, 15) is 8.42 Å². The summed E-state index contributed by atoms with van der Waals surface area (Å²) in [7, 11) is -4.31. The molecule has 0 aliphatic heterocycles. The molecule has 15 heavy (non-hydrogen) atoms. The van der Waals surface area contributed by atoms with Gasteiger partial charge in [0.15, 0.2) is 0 Å². The summed E-state index contributed by atoms with van der Waals surface area (Å²) in [5.74, 6) is 0.197. The number of alkyl halides is 1. The van der Waals surface area contributed by atoms with Crippen LogP contribution in [0.15, 0.2) is 23.1 Å². The van der Waals surface area contributed by atoms with Gasteiger partial charge in [-0.15, -0.1) is 11.6 Å². The lowest BCUT2D eigenvalue weighted by molar-refractivity contribution is 0.331. The molecule has 1 N–H and O–H groups in total. The number of benzene rings is 1. The van der Waals surface area contributed by atoms with Gasteiger partial charge in [-0.25, -0.2) is 0 Å². The molecule has 0 heterocycles. The van der Waals surface area contributed by atoms with Crippen molar-refractivity contribution in [3.63, 3.8) is 0 Å². The van der Waals surface area contributed by atoms with Gasteiger partial charge in [-0.3, -0.25) is 4.55 Å². The average molecular weight is 271 g/mol. The van der Waals surface area contributed by atoms with Crippen LogP contribution in [0.4, 0.5) is 0 Å². The fourth-order valence-corrected chi connectivity index (χ4v) is 1.81. The normalized spacial score (nSPS) is 11.4. The summed E-state index contributed by atoms with van der Waals surface area (Å²) in [6.45, 7) is 0.129. The van der Waals surface area contributed by atoms with E-state index in [2.05, 4.69) is 0 Å². The fraction of sp³-hybridized carbons (Fsp3) is 0.250. The first-order chi connectivity index (χ1) is 6.95. The lowest BCUT2D eigenvalue weighted by atomic mass is 10.3. The zero-order chi connectivity index (χ0) is 11.5. The Morgan fingerprint density at radius 2 is 2.07 bits per heavy atom. The van der Waals surface area contributed by atoms with Crippen molar-refractivity contribution in [3.8, 4) is 5.75 Å². The quantitative estimate of drug-likeness (QED) is 0.673. The SMILES string of the molecule is O=S(=O)(O)c1ccc(Cl)cc1OCCCl. The first-order valence-corrected chi connectivity index (χ1v) is 6.26. The van der Waals surface area contributed by atoms with Crippen molar-refractivity contribution in [2.75, 3.05) is 12.5 Å². The van der Waals surface area contributed by atoms with Crippen LogP contribution in [-0.2, 0) is 10.1 Å². The second kappa shape index (κ2) is 5.03. The largest absolute Gasteiger partial charge is 0.491 e. The Morgan fingerprint density at radius 1 is 1.40 bits per heavy atom. The average Bonchev–Trinajstić information content (AvgIpc) is 2.12. The number of hydrogen-bond acceptors (Lipinski definition) is 3. The van der Waals surface area contributed by atoms with Crippen LogP contribution in [0.5, 0.6) is 5.75 Å². The van der Waals surface area contributed by atoms with Gasteiger partial charge in [0.05, 0.1) is 5.88 Å². The molecule has 0 saturated carbocycles. The summed E-state index contributed by atoms with van der Waals surface area (Å²) in [5.41, 5.74) is 0. The van der Waals surface area contributed by atoms with Crippen LogP contribution in [-0.4, -0.2) is 25.5 Å². The van der Waals surface area contributed by atoms with Gasteiger partial charge in [-0.2, -0.15) is 8.42 Å². The van der Waals surface area contributed by atoms with E-state index in [0.717, 1.165) is 0 Å². The van der Waals surface area contributed by atoms with E-state index in [1.54, 1.807) is 0 Å². The van der Waals surface area contributed by atoms with Gasteiger partial charge < -0.3 is 4.74 Å². The zero-order valence-corrected chi connectivity index (χ0v) is 9.81. The molecule has 0 aliphatic carbocycles. The highest BCUT2D eigenvalue weighted by Gasteiger charge is 2.16. The molecule has 0 atom stereocenters. The highest BCUT2D eigenvalue weighted by Crippen LogP contribution is 2.27. The highest BCUT2D eigenvalue weighted by molar-refractivity contribution is 7.86. The minimum Gasteiger partial charge on any atom is -0.491 e. The van der Waals surface area contributed by atoms with Gasteiger partial charge in [0.2, 0.25) is 0 Å². The van der Waals surface area contributed by atoms with Crippen LogP contribution < -0.4 is 4.74 Å². The first-order valence-electron chi connectivity index (χ1n) is 3.91. The molecule has 0 radical (unpaired) electrons. The van der Waals surface area contributed by atoms with Crippen LogP contribution >= 0.6 is 23.2 Å². The van der Waals surface area contributed by atoms with E-state index in [1.807, 2.05) is 0 Å². The Bertz CT molecular complexity index is 444. The summed E-state index contributed by atoms with van der Waals surface area (Å²) in [6, 6.07) is 3.82. The maximum Gasteiger partial charge on any atom is 0.298 e. The molecule has 0 unspecified atom stereocenters. The Morgan fingerprint density at radius 3 is 2.60 bits per heavy atom. The predicted octanol–water partition coefficient (Wildman–Crippen LogP) is 2.20. The number of hydrogen-bond donors (Lipinski definition) is 1. The second-order valence-electron chi connectivity index (χ2n) is 2.60. The topological polar surface area (TPSA) is 63.6 Å². The fourth-order valence-electron chi connectivity index (χ4n) is 0.956. The molecule has 0 bridgehead atoms. The molecule has 1 aromatic rings. The maximum atomic E-state index is 10.9. The molecule has 7 heteroatoms. The molecular weight excluding hydrogens is 263 g/mol. The minimum absolute atomic E-state index is 0.00866. The van der Waals surface area contributed by atoms with E-state index in [1.165, 1.54) is 18.2 Å². The van der Waals surface area contributed by atoms with Gasteiger partial charge in [0, 0.05) is 11.1 Å². The van der Waals surface area contributed by atoms with Crippen molar-refractivity contribution in [3.05, 3.63) is 23.2 Å². The van der Waals surface area contributed by atoms with Gasteiger partial charge in [-0.1, -0.05) is 11.6 Å².